The molecule has 1 aromatic carbocycles. The number of carbonyl (C=O) groups is 1. The Morgan fingerprint density at radius 3 is 2.55 bits per heavy atom. The van der Waals surface area contributed by atoms with Gasteiger partial charge in [0.15, 0.2) is 5.65 Å². The van der Waals surface area contributed by atoms with Gasteiger partial charge in [0.25, 0.3) is 5.91 Å². The Kier molecular flexibility index (Phi) is 7.89. The summed E-state index contributed by atoms with van der Waals surface area (Å²) in [5, 5.41) is 4.52. The van der Waals surface area contributed by atoms with E-state index in [1.54, 1.807) is 6.20 Å². The normalized spacial score (nSPS) is 14.4. The monoisotopic (exact) mass is 445 g/mol. The molecule has 1 N–H and O–H groups in total. The van der Waals surface area contributed by atoms with Crippen molar-refractivity contribution in [1.29, 1.82) is 0 Å². The molecule has 6 nitrogen and oxygen atoms in total. The smallest absolute Gasteiger partial charge is 0.253 e. The Hall–Kier alpha value is -2.99. The molecule has 3 heterocycles. The van der Waals surface area contributed by atoms with Crippen LogP contribution in [0.2, 0.25) is 0 Å². The number of hydrogen-bond donors (Lipinski definition) is 1. The summed E-state index contributed by atoms with van der Waals surface area (Å²) in [6, 6.07) is 14.0. The van der Waals surface area contributed by atoms with Crippen LogP contribution in [0.3, 0.4) is 0 Å². The fourth-order valence-electron chi connectivity index (χ4n) is 4.57. The Morgan fingerprint density at radius 1 is 1.06 bits per heavy atom. The molecular formula is C27H35N5O. The van der Waals surface area contributed by atoms with Crippen molar-refractivity contribution >= 4 is 22.8 Å². The number of hydrogen-bond acceptors (Lipinski definition) is 5. The first-order chi connectivity index (χ1) is 16.2. The lowest BCUT2D eigenvalue weighted by Gasteiger charge is -2.26. The van der Waals surface area contributed by atoms with Gasteiger partial charge in [-0.2, -0.15) is 0 Å². The van der Waals surface area contributed by atoms with E-state index in [0.717, 1.165) is 53.1 Å². The summed E-state index contributed by atoms with van der Waals surface area (Å²) in [5.74, 6) is 0.919. The van der Waals surface area contributed by atoms with E-state index < -0.39 is 0 Å². The molecule has 0 aliphatic carbocycles. The second kappa shape index (κ2) is 11.2. The van der Waals surface area contributed by atoms with Crippen molar-refractivity contribution < 1.29 is 4.79 Å². The molecule has 1 fully saturated rings. The number of likely N-dealkylation sites (tertiary alicyclic amines) is 1. The van der Waals surface area contributed by atoms with E-state index >= 15 is 0 Å². The molecule has 0 spiro atoms. The topological polar surface area (TPSA) is 61.4 Å². The maximum Gasteiger partial charge on any atom is 0.253 e. The van der Waals surface area contributed by atoms with Gasteiger partial charge in [-0.1, -0.05) is 18.6 Å². The molecule has 0 radical (unpaired) electrons. The van der Waals surface area contributed by atoms with E-state index in [9.17, 15) is 4.79 Å². The Bertz CT molecular complexity index is 1060. The first-order valence-electron chi connectivity index (χ1n) is 12.3. The van der Waals surface area contributed by atoms with Gasteiger partial charge in [-0.15, -0.1) is 0 Å². The molecule has 6 heteroatoms. The molecule has 33 heavy (non-hydrogen) atoms. The third kappa shape index (κ3) is 5.69. The number of nitrogens with one attached hydrogen (secondary N) is 1. The number of rotatable bonds is 9. The van der Waals surface area contributed by atoms with Crippen LogP contribution >= 0.6 is 0 Å². The van der Waals surface area contributed by atoms with Crippen molar-refractivity contribution in [2.75, 3.05) is 44.6 Å². The molecule has 4 rings (SSSR count). The zero-order valence-corrected chi connectivity index (χ0v) is 19.9. The molecule has 1 saturated heterocycles. The van der Waals surface area contributed by atoms with Crippen molar-refractivity contribution in [3.8, 4) is 11.1 Å². The molecular weight excluding hydrogens is 410 g/mol. The molecule has 1 aliphatic rings. The number of pyridine rings is 2. The molecule has 0 unspecified atom stereocenters. The van der Waals surface area contributed by atoms with Gasteiger partial charge < -0.3 is 15.1 Å². The minimum atomic E-state index is 0.0730. The van der Waals surface area contributed by atoms with Crippen LogP contribution in [0.1, 0.15) is 49.9 Å². The van der Waals surface area contributed by atoms with E-state index in [1.165, 1.54) is 32.4 Å². The van der Waals surface area contributed by atoms with Crippen LogP contribution in [0, 0.1) is 0 Å². The van der Waals surface area contributed by atoms with Crippen molar-refractivity contribution in [3.63, 3.8) is 0 Å². The highest BCUT2D eigenvalue weighted by Crippen LogP contribution is 2.29. The van der Waals surface area contributed by atoms with Crippen LogP contribution in [0.4, 0.5) is 5.82 Å². The van der Waals surface area contributed by atoms with Crippen molar-refractivity contribution in [2.24, 2.45) is 0 Å². The first kappa shape index (κ1) is 23.2. The molecule has 174 valence electrons. The van der Waals surface area contributed by atoms with Gasteiger partial charge in [0.2, 0.25) is 0 Å². The van der Waals surface area contributed by atoms with E-state index in [4.69, 9.17) is 4.98 Å². The number of carbonyl (C=O) groups excluding carboxylic acids is 1. The standard InChI is InChI=1S/C27H35N5O/c1-3-32(4-2)27(33)22-13-11-21(12-14-22)24-20-25(30-26-23(24)10-8-15-29-26)28-16-9-19-31-17-6-5-7-18-31/h8,10-15,20H,3-7,9,16-19H2,1-2H3,(H,28,29,30). The second-order valence-electron chi connectivity index (χ2n) is 8.67. The average molecular weight is 446 g/mol. The minimum absolute atomic E-state index is 0.0730. The third-order valence-electron chi connectivity index (χ3n) is 6.48. The van der Waals surface area contributed by atoms with Gasteiger partial charge in [-0.05, 0) is 94.2 Å². The highest BCUT2D eigenvalue weighted by molar-refractivity contribution is 5.97. The number of benzene rings is 1. The summed E-state index contributed by atoms with van der Waals surface area (Å²) in [5.41, 5.74) is 3.59. The predicted molar refractivity (Wildman–Crippen MR) is 136 cm³/mol. The largest absolute Gasteiger partial charge is 0.370 e. The second-order valence-corrected chi connectivity index (χ2v) is 8.67. The number of anilines is 1. The summed E-state index contributed by atoms with van der Waals surface area (Å²) >= 11 is 0. The number of piperidine rings is 1. The van der Waals surface area contributed by atoms with E-state index in [1.807, 2.05) is 49.1 Å². The molecule has 1 amide bonds. The van der Waals surface area contributed by atoms with Gasteiger partial charge in [0, 0.05) is 36.8 Å². The molecule has 0 bridgehead atoms. The average Bonchev–Trinajstić information content (AvgIpc) is 2.87. The number of aromatic nitrogens is 2. The molecule has 1 aliphatic heterocycles. The summed E-state index contributed by atoms with van der Waals surface area (Å²) in [4.78, 5) is 26.3. The van der Waals surface area contributed by atoms with E-state index in [2.05, 4.69) is 27.3 Å². The van der Waals surface area contributed by atoms with Crippen molar-refractivity contribution in [1.82, 2.24) is 19.8 Å². The summed E-state index contributed by atoms with van der Waals surface area (Å²) < 4.78 is 0. The lowest BCUT2D eigenvalue weighted by molar-refractivity contribution is 0.0773. The minimum Gasteiger partial charge on any atom is -0.370 e. The Morgan fingerprint density at radius 2 is 1.82 bits per heavy atom. The van der Waals surface area contributed by atoms with E-state index in [0.29, 0.717) is 13.1 Å². The van der Waals surface area contributed by atoms with Crippen molar-refractivity contribution in [2.45, 2.75) is 39.5 Å². The van der Waals surface area contributed by atoms with Gasteiger partial charge >= 0.3 is 0 Å². The molecule has 0 saturated carbocycles. The fraction of sp³-hybridized carbons (Fsp3) is 0.444. The highest BCUT2D eigenvalue weighted by atomic mass is 16.2. The maximum absolute atomic E-state index is 12.7. The van der Waals surface area contributed by atoms with Gasteiger partial charge in [0.1, 0.15) is 5.82 Å². The van der Waals surface area contributed by atoms with Crippen LogP contribution in [-0.2, 0) is 0 Å². The van der Waals surface area contributed by atoms with Crippen LogP contribution in [0.25, 0.3) is 22.2 Å². The quantitative estimate of drug-likeness (QED) is 0.466. The van der Waals surface area contributed by atoms with Gasteiger partial charge in [0.05, 0.1) is 0 Å². The number of amides is 1. The van der Waals surface area contributed by atoms with Crippen LogP contribution < -0.4 is 5.32 Å². The van der Waals surface area contributed by atoms with Crippen LogP contribution in [0.5, 0.6) is 0 Å². The van der Waals surface area contributed by atoms with Gasteiger partial charge in [-0.3, -0.25) is 4.79 Å². The SMILES string of the molecule is CCN(CC)C(=O)c1ccc(-c2cc(NCCCN3CCCCC3)nc3ncccc23)cc1. The highest BCUT2D eigenvalue weighted by Gasteiger charge is 2.14. The third-order valence-corrected chi connectivity index (χ3v) is 6.48. The Labute approximate surface area is 197 Å². The number of nitrogens with zero attached hydrogens (tertiary/aromatic N) is 4. The summed E-state index contributed by atoms with van der Waals surface area (Å²) in [7, 11) is 0. The van der Waals surface area contributed by atoms with Crippen LogP contribution in [-0.4, -0.2) is 64.9 Å². The molecule has 0 atom stereocenters. The van der Waals surface area contributed by atoms with Crippen molar-refractivity contribution in [3.05, 3.63) is 54.2 Å². The lowest BCUT2D eigenvalue weighted by Crippen LogP contribution is -2.31. The zero-order valence-electron chi connectivity index (χ0n) is 19.9. The molecule has 3 aromatic rings. The fourth-order valence-corrected chi connectivity index (χ4v) is 4.57. The van der Waals surface area contributed by atoms with E-state index in [-0.39, 0.29) is 5.91 Å². The van der Waals surface area contributed by atoms with Crippen LogP contribution in [0.15, 0.2) is 48.7 Å². The first-order valence-corrected chi connectivity index (χ1v) is 12.3. The number of fused-ring (bicyclic) bond motifs is 1. The summed E-state index contributed by atoms with van der Waals surface area (Å²) in [6.45, 7) is 9.92. The maximum atomic E-state index is 12.7. The predicted octanol–water partition coefficient (Wildman–Crippen LogP) is 5.07. The zero-order chi connectivity index (χ0) is 23.0. The van der Waals surface area contributed by atoms with Gasteiger partial charge in [-0.25, -0.2) is 9.97 Å². The Balaban J connectivity index is 1.51. The molecule has 2 aromatic heterocycles. The summed E-state index contributed by atoms with van der Waals surface area (Å²) in [6.07, 6.45) is 6.91. The lowest BCUT2D eigenvalue weighted by atomic mass is 10.0.